The number of rotatable bonds is 8. The molecule has 1 aliphatic rings. The number of carbonyl (C=O) groups is 2. The summed E-state index contributed by atoms with van der Waals surface area (Å²) < 4.78 is 19.2. The minimum atomic E-state index is -0.939. The number of hydrogen-bond acceptors (Lipinski definition) is 3. The number of para-hydroxylation sites is 1. The van der Waals surface area contributed by atoms with Crippen molar-refractivity contribution in [1.29, 1.82) is 0 Å². The van der Waals surface area contributed by atoms with Crippen LogP contribution in [0.5, 0.6) is 5.75 Å². The molecule has 0 spiro atoms. The molecule has 1 aliphatic carbocycles. The predicted molar refractivity (Wildman–Crippen MR) is 147 cm³/mol. The minimum absolute atomic E-state index is 0.0655. The van der Waals surface area contributed by atoms with E-state index in [1.54, 1.807) is 43.5 Å². The third-order valence-electron chi connectivity index (χ3n) is 7.28. The van der Waals surface area contributed by atoms with Crippen LogP contribution in [0.15, 0.2) is 79.0 Å². The summed E-state index contributed by atoms with van der Waals surface area (Å²) in [6.07, 6.45) is 7.04. The number of H-pyrrole nitrogens is 1. The average molecular weight is 514 g/mol. The molecule has 2 amide bonds. The van der Waals surface area contributed by atoms with Crippen molar-refractivity contribution in [2.24, 2.45) is 0 Å². The van der Waals surface area contributed by atoms with Gasteiger partial charge in [-0.1, -0.05) is 49.6 Å². The highest BCUT2D eigenvalue weighted by atomic mass is 19.1. The molecule has 38 heavy (non-hydrogen) atoms. The van der Waals surface area contributed by atoms with Crippen molar-refractivity contribution in [2.45, 2.75) is 50.6 Å². The van der Waals surface area contributed by atoms with Crippen molar-refractivity contribution in [3.05, 3.63) is 95.9 Å². The molecule has 0 saturated heterocycles. The normalized spacial score (nSPS) is 14.7. The van der Waals surface area contributed by atoms with Crippen molar-refractivity contribution >= 4 is 28.4 Å². The lowest BCUT2D eigenvalue weighted by atomic mass is 9.94. The summed E-state index contributed by atoms with van der Waals surface area (Å²) in [6.45, 7) is 0. The van der Waals surface area contributed by atoms with Gasteiger partial charge in [-0.2, -0.15) is 0 Å². The minimum Gasteiger partial charge on any atom is -0.497 e. The lowest BCUT2D eigenvalue weighted by molar-refractivity contribution is -0.127. The van der Waals surface area contributed by atoms with Crippen LogP contribution in [0.25, 0.3) is 10.9 Å². The molecular weight excluding hydrogens is 481 g/mol. The number of aromatic nitrogens is 1. The van der Waals surface area contributed by atoms with E-state index in [0.29, 0.717) is 17.0 Å². The second-order valence-electron chi connectivity index (χ2n) is 9.80. The number of fused-ring (bicyclic) bond motifs is 1. The SMILES string of the molecule is COc1ccc([C@@H](C(=O)NC2CCCCC2)N(C(=O)Cc2c[nH]c3ccccc23)c2ccc(F)cc2)cc1. The Hall–Kier alpha value is -4.13. The molecule has 4 aromatic rings. The van der Waals surface area contributed by atoms with Gasteiger partial charge in [0.1, 0.15) is 17.6 Å². The predicted octanol–water partition coefficient (Wildman–Crippen LogP) is 6.08. The molecule has 1 atom stereocenters. The second kappa shape index (κ2) is 11.5. The summed E-state index contributed by atoms with van der Waals surface area (Å²) in [5.74, 6) is -0.274. The number of aromatic amines is 1. The molecule has 7 heteroatoms. The molecule has 196 valence electrons. The van der Waals surface area contributed by atoms with Gasteiger partial charge < -0.3 is 15.0 Å². The number of hydrogen-bond donors (Lipinski definition) is 2. The lowest BCUT2D eigenvalue weighted by Gasteiger charge is -2.33. The molecule has 2 N–H and O–H groups in total. The number of nitrogens with one attached hydrogen (secondary N) is 2. The fraction of sp³-hybridized carbons (Fsp3) is 0.290. The monoisotopic (exact) mass is 513 g/mol. The zero-order valence-electron chi connectivity index (χ0n) is 21.5. The second-order valence-corrected chi connectivity index (χ2v) is 9.80. The molecule has 3 aromatic carbocycles. The molecule has 1 heterocycles. The van der Waals surface area contributed by atoms with E-state index in [4.69, 9.17) is 4.74 Å². The molecule has 0 aliphatic heterocycles. The molecular formula is C31H32FN3O3. The number of carbonyl (C=O) groups excluding carboxylic acids is 2. The Bertz CT molecular complexity index is 1390. The Morgan fingerprint density at radius 2 is 1.71 bits per heavy atom. The van der Waals surface area contributed by atoms with E-state index in [-0.39, 0.29) is 24.3 Å². The van der Waals surface area contributed by atoms with Crippen molar-refractivity contribution in [3.8, 4) is 5.75 Å². The molecule has 5 rings (SSSR count). The fourth-order valence-electron chi connectivity index (χ4n) is 5.30. The topological polar surface area (TPSA) is 74.4 Å². The van der Waals surface area contributed by atoms with Crippen molar-refractivity contribution in [2.75, 3.05) is 12.0 Å². The zero-order valence-corrected chi connectivity index (χ0v) is 21.5. The fourth-order valence-corrected chi connectivity index (χ4v) is 5.30. The largest absolute Gasteiger partial charge is 0.497 e. The summed E-state index contributed by atoms with van der Waals surface area (Å²) in [4.78, 5) is 32.8. The zero-order chi connectivity index (χ0) is 26.5. The summed E-state index contributed by atoms with van der Waals surface area (Å²) in [5.41, 5.74) is 2.87. The highest BCUT2D eigenvalue weighted by Gasteiger charge is 2.34. The highest BCUT2D eigenvalue weighted by molar-refractivity contribution is 6.03. The smallest absolute Gasteiger partial charge is 0.248 e. The molecule has 0 radical (unpaired) electrons. The lowest BCUT2D eigenvalue weighted by Crippen LogP contribution is -2.47. The number of ether oxygens (including phenoxy) is 1. The van der Waals surface area contributed by atoms with E-state index in [9.17, 15) is 14.0 Å². The molecule has 0 unspecified atom stereocenters. The first-order valence-corrected chi connectivity index (χ1v) is 13.1. The van der Waals surface area contributed by atoms with Gasteiger partial charge in [0, 0.05) is 28.8 Å². The maximum Gasteiger partial charge on any atom is 0.248 e. The third kappa shape index (κ3) is 5.57. The van der Waals surface area contributed by atoms with E-state index in [0.717, 1.165) is 42.1 Å². The van der Waals surface area contributed by atoms with Gasteiger partial charge in [-0.15, -0.1) is 0 Å². The molecule has 6 nitrogen and oxygen atoms in total. The maximum absolute atomic E-state index is 14.1. The van der Waals surface area contributed by atoms with E-state index in [1.165, 1.54) is 23.5 Å². The van der Waals surface area contributed by atoms with Gasteiger partial charge in [-0.05, 0) is 66.4 Å². The van der Waals surface area contributed by atoms with Crippen LogP contribution < -0.4 is 15.0 Å². The summed E-state index contributed by atoms with van der Waals surface area (Å²) in [5, 5.41) is 4.16. The summed E-state index contributed by atoms with van der Waals surface area (Å²) in [6, 6.07) is 19.8. The van der Waals surface area contributed by atoms with Gasteiger partial charge in [-0.25, -0.2) is 4.39 Å². The van der Waals surface area contributed by atoms with Crippen molar-refractivity contribution < 1.29 is 18.7 Å². The van der Waals surface area contributed by atoms with Crippen LogP contribution in [0.2, 0.25) is 0 Å². The van der Waals surface area contributed by atoms with Crippen LogP contribution >= 0.6 is 0 Å². The first kappa shape index (κ1) is 25.5. The summed E-state index contributed by atoms with van der Waals surface area (Å²) >= 11 is 0. The molecule has 0 bridgehead atoms. The Kier molecular flexibility index (Phi) is 7.73. The highest BCUT2D eigenvalue weighted by Crippen LogP contribution is 2.32. The Labute approximate surface area is 221 Å². The van der Waals surface area contributed by atoms with Crippen LogP contribution in [0.1, 0.15) is 49.3 Å². The van der Waals surface area contributed by atoms with Gasteiger partial charge in [0.05, 0.1) is 13.5 Å². The van der Waals surface area contributed by atoms with Crippen LogP contribution in [0.3, 0.4) is 0 Å². The van der Waals surface area contributed by atoms with Crippen LogP contribution in [0.4, 0.5) is 10.1 Å². The number of halogens is 1. The van der Waals surface area contributed by atoms with Crippen LogP contribution in [-0.4, -0.2) is 29.9 Å². The van der Waals surface area contributed by atoms with E-state index >= 15 is 0 Å². The van der Waals surface area contributed by atoms with Crippen molar-refractivity contribution in [1.82, 2.24) is 10.3 Å². The van der Waals surface area contributed by atoms with E-state index in [2.05, 4.69) is 10.3 Å². The van der Waals surface area contributed by atoms with Gasteiger partial charge in [0.2, 0.25) is 11.8 Å². The number of nitrogens with zero attached hydrogens (tertiary/aromatic N) is 1. The number of methoxy groups -OCH3 is 1. The summed E-state index contributed by atoms with van der Waals surface area (Å²) in [7, 11) is 1.58. The number of benzene rings is 3. The van der Waals surface area contributed by atoms with Crippen molar-refractivity contribution in [3.63, 3.8) is 0 Å². The standard InChI is InChI=1S/C31H32FN3O3/c1-38-26-17-11-21(12-18-26)30(31(37)34-24-7-3-2-4-8-24)35(25-15-13-23(32)14-16-25)29(36)19-22-20-33-28-10-6-5-9-27(22)28/h5-6,9-18,20,24,30,33H,2-4,7-8,19H2,1H3,(H,34,37)/t30-/m0/s1. The third-order valence-corrected chi connectivity index (χ3v) is 7.28. The Morgan fingerprint density at radius 1 is 1.00 bits per heavy atom. The quantitative estimate of drug-likeness (QED) is 0.300. The van der Waals surface area contributed by atoms with Gasteiger partial charge in [0.25, 0.3) is 0 Å². The Balaban J connectivity index is 1.55. The van der Waals surface area contributed by atoms with Gasteiger partial charge >= 0.3 is 0 Å². The first-order valence-electron chi connectivity index (χ1n) is 13.1. The molecule has 1 aromatic heterocycles. The molecule has 1 saturated carbocycles. The van der Waals surface area contributed by atoms with Gasteiger partial charge in [-0.3, -0.25) is 14.5 Å². The van der Waals surface area contributed by atoms with E-state index in [1.807, 2.05) is 30.5 Å². The number of anilines is 1. The van der Waals surface area contributed by atoms with E-state index < -0.39 is 11.9 Å². The number of amides is 2. The first-order chi connectivity index (χ1) is 18.5. The average Bonchev–Trinajstić information content (AvgIpc) is 3.35. The van der Waals surface area contributed by atoms with Crippen LogP contribution in [0, 0.1) is 5.82 Å². The molecule has 1 fully saturated rings. The Morgan fingerprint density at radius 3 is 2.42 bits per heavy atom. The maximum atomic E-state index is 14.1. The van der Waals surface area contributed by atoms with Crippen LogP contribution in [-0.2, 0) is 16.0 Å². The van der Waals surface area contributed by atoms with Gasteiger partial charge in [0.15, 0.2) is 0 Å².